The van der Waals surface area contributed by atoms with Crippen LogP contribution >= 0.6 is 15.6 Å². The van der Waals surface area contributed by atoms with E-state index in [1.165, 1.54) is 186 Å². The second-order valence-electron chi connectivity index (χ2n) is 29.1. The van der Waals surface area contributed by atoms with E-state index in [1.807, 2.05) is 0 Å². The Balaban J connectivity index is 5.27. The van der Waals surface area contributed by atoms with Crippen LogP contribution in [0.3, 0.4) is 0 Å². The van der Waals surface area contributed by atoms with E-state index in [1.54, 1.807) is 0 Å². The molecule has 0 heterocycles. The van der Waals surface area contributed by atoms with E-state index in [2.05, 4.69) is 65.8 Å². The number of phosphoric acid groups is 2. The number of esters is 4. The average Bonchev–Trinajstić information content (AvgIpc) is 0.999. The molecule has 2 unspecified atom stereocenters. The van der Waals surface area contributed by atoms with Gasteiger partial charge in [-0.2, -0.15) is 0 Å². The lowest BCUT2D eigenvalue weighted by molar-refractivity contribution is -0.161. The van der Waals surface area contributed by atoms with Gasteiger partial charge in [-0.25, -0.2) is 9.13 Å². The molecule has 0 saturated carbocycles. The Bertz CT molecular complexity index is 2000. The lowest BCUT2D eigenvalue weighted by Gasteiger charge is -2.21. The van der Waals surface area contributed by atoms with Gasteiger partial charge in [0, 0.05) is 25.7 Å². The van der Waals surface area contributed by atoms with Crippen molar-refractivity contribution in [3.05, 3.63) is 24.3 Å². The molecule has 0 aromatic rings. The fraction of sp³-hybridized carbons (Fsp3) is 0.900. The summed E-state index contributed by atoms with van der Waals surface area (Å²) in [5.41, 5.74) is 0. The minimum Gasteiger partial charge on any atom is -0.462 e. The van der Waals surface area contributed by atoms with Crippen LogP contribution in [0.1, 0.15) is 395 Å². The molecule has 0 saturated heterocycles. The van der Waals surface area contributed by atoms with Crippen molar-refractivity contribution < 1.29 is 80.2 Å². The minimum atomic E-state index is -4.97. The van der Waals surface area contributed by atoms with Gasteiger partial charge in [-0.15, -0.1) is 0 Å². The molecule has 0 bridgehead atoms. The van der Waals surface area contributed by atoms with Gasteiger partial charge < -0.3 is 33.8 Å². The normalized spacial score (nSPS) is 14.1. The van der Waals surface area contributed by atoms with E-state index >= 15 is 0 Å². The van der Waals surface area contributed by atoms with Gasteiger partial charge >= 0.3 is 39.5 Å². The topological polar surface area (TPSA) is 237 Å². The van der Waals surface area contributed by atoms with E-state index in [4.69, 9.17) is 37.0 Å². The molecule has 0 aromatic heterocycles. The maximum Gasteiger partial charge on any atom is 0.472 e. The second-order valence-corrected chi connectivity index (χ2v) is 32.0. The summed E-state index contributed by atoms with van der Waals surface area (Å²) in [5.74, 6) is -0.630. The summed E-state index contributed by atoms with van der Waals surface area (Å²) >= 11 is 0. The Morgan fingerprint density at radius 3 is 0.828 bits per heavy atom. The second kappa shape index (κ2) is 71.2. The lowest BCUT2D eigenvalue weighted by Crippen LogP contribution is -2.30. The Kier molecular flexibility index (Phi) is 69.4. The van der Waals surface area contributed by atoms with Crippen LogP contribution in [0.15, 0.2) is 24.3 Å². The highest BCUT2D eigenvalue weighted by atomic mass is 31.2. The molecule has 19 heteroatoms. The molecule has 0 radical (unpaired) electrons. The summed E-state index contributed by atoms with van der Waals surface area (Å²) in [6, 6.07) is 0. The van der Waals surface area contributed by atoms with E-state index in [0.717, 1.165) is 121 Å². The van der Waals surface area contributed by atoms with Gasteiger partial charge in [0.05, 0.1) is 26.4 Å². The SMILES string of the molecule is CCCCCC/C=C\C=C/CCCCCCCC(=O)OC[C@H](COP(=O)(O)OC[C@@H](O)COP(=O)(O)OC[C@@H](COC(=O)CCCCCCCCCC(C)C)OC(=O)CCCCCCCCCCCCCCCCC)OC(=O)CCCCCCCCCCCCCCCCCCC(C)C. The van der Waals surface area contributed by atoms with Crippen molar-refractivity contribution in [2.24, 2.45) is 11.8 Å². The number of aliphatic hydroxyl groups excluding tert-OH is 1. The van der Waals surface area contributed by atoms with E-state index < -0.39 is 97.5 Å². The molecule has 0 rings (SSSR count). The van der Waals surface area contributed by atoms with Gasteiger partial charge in [-0.3, -0.25) is 37.3 Å². The summed E-state index contributed by atoms with van der Waals surface area (Å²) in [6.07, 6.45) is 63.3. The van der Waals surface area contributed by atoms with Crippen LogP contribution in [0.4, 0.5) is 0 Å². The van der Waals surface area contributed by atoms with Crippen molar-refractivity contribution in [2.75, 3.05) is 39.6 Å². The molecule has 3 N–H and O–H groups in total. The first-order chi connectivity index (χ1) is 47.9. The van der Waals surface area contributed by atoms with Crippen molar-refractivity contribution in [1.29, 1.82) is 0 Å². The molecule has 584 valence electrons. The number of ether oxygens (including phenoxy) is 4. The third kappa shape index (κ3) is 73.6. The van der Waals surface area contributed by atoms with Crippen molar-refractivity contribution in [1.82, 2.24) is 0 Å². The number of carbonyl (C=O) groups is 4. The van der Waals surface area contributed by atoms with Crippen molar-refractivity contribution in [2.45, 2.75) is 413 Å². The Hall–Kier alpha value is -2.46. The number of carbonyl (C=O) groups excluding carboxylic acids is 4. The Morgan fingerprint density at radius 2 is 0.545 bits per heavy atom. The summed E-state index contributed by atoms with van der Waals surface area (Å²) in [4.78, 5) is 72.9. The summed E-state index contributed by atoms with van der Waals surface area (Å²) < 4.78 is 68.6. The molecule has 17 nitrogen and oxygen atoms in total. The molecule has 0 fully saturated rings. The van der Waals surface area contributed by atoms with Crippen LogP contribution < -0.4 is 0 Å². The largest absolute Gasteiger partial charge is 0.472 e. The van der Waals surface area contributed by atoms with Crippen LogP contribution in [0, 0.1) is 11.8 Å². The predicted molar refractivity (Wildman–Crippen MR) is 404 cm³/mol. The third-order valence-electron chi connectivity index (χ3n) is 18.1. The third-order valence-corrected chi connectivity index (χ3v) is 20.0. The van der Waals surface area contributed by atoms with E-state index in [-0.39, 0.29) is 25.7 Å². The van der Waals surface area contributed by atoms with Gasteiger partial charge in [-0.05, 0) is 63.2 Å². The number of allylic oxidation sites excluding steroid dienone is 4. The standard InChI is InChI=1S/C80H152O17P2/c1-7-9-11-13-15-17-19-21-25-30-34-38-44-50-56-62-77(82)90-68-75(96-79(84)65-59-53-46-40-36-32-28-24-23-27-29-33-37-42-48-54-60-72(3)4)70-94-98(86,87)92-66-74(81)67-93-99(88,89)95-71-76(69-91-78(83)63-57-51-47-41-43-49-55-61-73(5)6)97-80(85)64-58-52-45-39-35-31-26-22-20-18-16-14-12-10-8-2/h17,19,21,25,72-76,81H,7-16,18,20,22-24,26-71H2,1-6H3,(H,86,87)(H,88,89)/b19-17-,25-21-/t74-,75-,76-/m1/s1. The molecule has 0 spiro atoms. The first-order valence-corrected chi connectivity index (χ1v) is 43.8. The molecule has 0 amide bonds. The highest BCUT2D eigenvalue weighted by molar-refractivity contribution is 7.47. The first kappa shape index (κ1) is 96.5. The van der Waals surface area contributed by atoms with E-state index in [9.17, 15) is 43.2 Å². The highest BCUT2D eigenvalue weighted by Gasteiger charge is 2.30. The maximum absolute atomic E-state index is 13.1. The zero-order valence-corrected chi connectivity index (χ0v) is 66.1. The van der Waals surface area contributed by atoms with Crippen molar-refractivity contribution >= 4 is 39.5 Å². The van der Waals surface area contributed by atoms with E-state index in [0.29, 0.717) is 31.6 Å². The number of unbranched alkanes of at least 4 members (excludes halogenated alkanes) is 44. The number of hydrogen-bond donors (Lipinski definition) is 3. The highest BCUT2D eigenvalue weighted by Crippen LogP contribution is 2.45. The van der Waals surface area contributed by atoms with Crippen molar-refractivity contribution in [3.63, 3.8) is 0 Å². The van der Waals surface area contributed by atoms with Gasteiger partial charge in [0.2, 0.25) is 0 Å². The zero-order valence-electron chi connectivity index (χ0n) is 64.3. The molecule has 5 atom stereocenters. The number of aliphatic hydroxyl groups is 1. The van der Waals surface area contributed by atoms with Gasteiger partial charge in [-0.1, -0.05) is 342 Å². The number of hydrogen-bond acceptors (Lipinski definition) is 15. The smallest absolute Gasteiger partial charge is 0.462 e. The van der Waals surface area contributed by atoms with Gasteiger partial charge in [0.1, 0.15) is 19.3 Å². The molecule has 99 heavy (non-hydrogen) atoms. The lowest BCUT2D eigenvalue weighted by atomic mass is 10.0. The van der Waals surface area contributed by atoms with Crippen LogP contribution in [0.25, 0.3) is 0 Å². The fourth-order valence-corrected chi connectivity index (χ4v) is 13.4. The van der Waals surface area contributed by atoms with Crippen LogP contribution in [-0.2, 0) is 65.4 Å². The molecular formula is C80H152O17P2. The van der Waals surface area contributed by atoms with Crippen molar-refractivity contribution in [3.8, 4) is 0 Å². The summed E-state index contributed by atoms with van der Waals surface area (Å²) in [5, 5.41) is 10.6. The zero-order chi connectivity index (χ0) is 72.8. The summed E-state index contributed by atoms with van der Waals surface area (Å²) in [7, 11) is -9.93. The van der Waals surface area contributed by atoms with Gasteiger partial charge in [0.15, 0.2) is 12.2 Å². The Morgan fingerprint density at radius 1 is 0.313 bits per heavy atom. The molecule has 0 aromatic carbocycles. The quantitative estimate of drug-likeness (QED) is 0.0169. The molecule has 0 aliphatic carbocycles. The van der Waals surface area contributed by atoms with Crippen LogP contribution in [0.5, 0.6) is 0 Å². The fourth-order valence-electron chi connectivity index (χ4n) is 11.8. The average molecular weight is 1450 g/mol. The molecular weight excluding hydrogens is 1290 g/mol. The maximum atomic E-state index is 13.1. The predicted octanol–water partition coefficient (Wildman–Crippen LogP) is 23.4. The molecule has 0 aliphatic heterocycles. The van der Waals surface area contributed by atoms with Gasteiger partial charge in [0.25, 0.3) is 0 Å². The summed E-state index contributed by atoms with van der Waals surface area (Å²) in [6.45, 7) is 9.54. The number of phosphoric ester groups is 2. The van der Waals surface area contributed by atoms with Crippen LogP contribution in [0.2, 0.25) is 0 Å². The monoisotopic (exact) mass is 1450 g/mol. The van der Waals surface area contributed by atoms with Crippen LogP contribution in [-0.4, -0.2) is 96.7 Å². The number of rotatable bonds is 77. The minimum absolute atomic E-state index is 0.101. The Labute approximate surface area is 605 Å². The first-order valence-electron chi connectivity index (χ1n) is 40.8. The molecule has 0 aliphatic rings.